The maximum atomic E-state index is 13.4. The predicted molar refractivity (Wildman–Crippen MR) is 119 cm³/mol. The minimum Gasteiger partial charge on any atom is -0.466 e. The molecule has 0 spiro atoms. The van der Waals surface area contributed by atoms with E-state index in [1.54, 1.807) is 40.8 Å². The van der Waals surface area contributed by atoms with E-state index in [-0.39, 0.29) is 24.2 Å². The minimum absolute atomic E-state index is 0.00588. The average Bonchev–Trinajstić information content (AvgIpc) is 3.26. The third-order valence-corrected chi connectivity index (χ3v) is 6.27. The molecule has 2 aromatic heterocycles. The molecule has 0 radical (unpaired) electrons. The number of benzene rings is 1. The minimum atomic E-state index is -4.49. The number of ether oxygens (including phenoxy) is 1. The molecule has 4 rings (SSSR count). The van der Waals surface area contributed by atoms with Crippen molar-refractivity contribution in [3.05, 3.63) is 71.7 Å². The summed E-state index contributed by atoms with van der Waals surface area (Å²) in [6, 6.07) is 10.5. The van der Waals surface area contributed by atoms with Crippen LogP contribution in [0.2, 0.25) is 0 Å². The van der Waals surface area contributed by atoms with Crippen molar-refractivity contribution < 1.29 is 27.5 Å². The second kappa shape index (κ2) is 9.87. The van der Waals surface area contributed by atoms with Gasteiger partial charge in [0, 0.05) is 37.8 Å². The lowest BCUT2D eigenvalue weighted by Gasteiger charge is -2.32. The SMILES string of the molecule is CCOC(=O)C1CCN(C(=O)CC(c2cccc(C(F)(F)F)c2)c2cnc3ccccn23)CC1. The van der Waals surface area contributed by atoms with Crippen molar-refractivity contribution in [2.75, 3.05) is 19.7 Å². The van der Waals surface area contributed by atoms with Gasteiger partial charge in [0.2, 0.25) is 5.91 Å². The fourth-order valence-electron chi connectivity index (χ4n) is 4.46. The summed E-state index contributed by atoms with van der Waals surface area (Å²) in [4.78, 5) is 31.3. The summed E-state index contributed by atoms with van der Waals surface area (Å²) in [6.07, 6.45) is -0.0793. The number of fused-ring (bicyclic) bond motifs is 1. The number of pyridine rings is 1. The maximum Gasteiger partial charge on any atom is 0.416 e. The van der Waals surface area contributed by atoms with Crippen molar-refractivity contribution in [1.82, 2.24) is 14.3 Å². The van der Waals surface area contributed by atoms with E-state index in [2.05, 4.69) is 4.98 Å². The first kappa shape index (κ1) is 23.8. The zero-order valence-corrected chi connectivity index (χ0v) is 18.8. The van der Waals surface area contributed by atoms with Crippen molar-refractivity contribution in [2.24, 2.45) is 5.92 Å². The molecule has 180 valence electrons. The lowest BCUT2D eigenvalue weighted by Crippen LogP contribution is -2.41. The fraction of sp³-hybridized carbons (Fsp3) is 0.400. The number of piperidine rings is 1. The van der Waals surface area contributed by atoms with Crippen LogP contribution in [0.3, 0.4) is 0 Å². The summed E-state index contributed by atoms with van der Waals surface area (Å²) in [5.74, 6) is -1.27. The summed E-state index contributed by atoms with van der Waals surface area (Å²) in [7, 11) is 0. The third-order valence-electron chi connectivity index (χ3n) is 6.27. The number of hydrogen-bond acceptors (Lipinski definition) is 4. The molecule has 1 aliphatic heterocycles. The normalized spacial score (nSPS) is 15.9. The monoisotopic (exact) mass is 473 g/mol. The van der Waals surface area contributed by atoms with Crippen molar-refractivity contribution in [3.63, 3.8) is 0 Å². The number of likely N-dealkylation sites (tertiary alicyclic amines) is 1. The quantitative estimate of drug-likeness (QED) is 0.488. The Bertz CT molecular complexity index is 1170. The number of esters is 1. The molecule has 34 heavy (non-hydrogen) atoms. The molecule has 0 saturated carbocycles. The van der Waals surface area contributed by atoms with E-state index in [4.69, 9.17) is 4.74 Å². The summed E-state index contributed by atoms with van der Waals surface area (Å²) in [5.41, 5.74) is 0.934. The predicted octanol–water partition coefficient (Wildman–Crippen LogP) is 4.68. The summed E-state index contributed by atoms with van der Waals surface area (Å²) in [5, 5.41) is 0. The fourth-order valence-corrected chi connectivity index (χ4v) is 4.46. The number of rotatable bonds is 6. The van der Waals surface area contributed by atoms with E-state index in [1.165, 1.54) is 6.07 Å². The van der Waals surface area contributed by atoms with Gasteiger partial charge in [0.1, 0.15) is 5.65 Å². The highest BCUT2D eigenvalue weighted by molar-refractivity contribution is 5.78. The smallest absolute Gasteiger partial charge is 0.416 e. The van der Waals surface area contributed by atoms with Crippen molar-refractivity contribution in [1.29, 1.82) is 0 Å². The molecular weight excluding hydrogens is 447 g/mol. The molecule has 3 aromatic rings. The Balaban J connectivity index is 1.60. The lowest BCUT2D eigenvalue weighted by molar-refractivity contribution is -0.151. The van der Waals surface area contributed by atoms with Gasteiger partial charge in [0.05, 0.1) is 23.8 Å². The van der Waals surface area contributed by atoms with E-state index >= 15 is 0 Å². The lowest BCUT2D eigenvalue weighted by atomic mass is 9.90. The molecule has 1 fully saturated rings. The molecule has 6 nitrogen and oxygen atoms in total. The Labute approximate surface area is 195 Å². The Morgan fingerprint density at radius 3 is 2.62 bits per heavy atom. The van der Waals surface area contributed by atoms with Gasteiger partial charge in [-0.05, 0) is 43.5 Å². The summed E-state index contributed by atoms with van der Waals surface area (Å²) >= 11 is 0. The van der Waals surface area contributed by atoms with Crippen LogP contribution >= 0.6 is 0 Å². The number of carbonyl (C=O) groups excluding carboxylic acids is 2. The van der Waals surface area contributed by atoms with Crippen molar-refractivity contribution in [3.8, 4) is 0 Å². The van der Waals surface area contributed by atoms with Gasteiger partial charge in [-0.15, -0.1) is 0 Å². The number of hydrogen-bond donors (Lipinski definition) is 0. The summed E-state index contributed by atoms with van der Waals surface area (Å²) in [6.45, 7) is 2.89. The second-order valence-electron chi connectivity index (χ2n) is 8.40. The Hall–Kier alpha value is -3.36. The number of amides is 1. The maximum absolute atomic E-state index is 13.4. The molecule has 1 saturated heterocycles. The molecule has 1 aromatic carbocycles. The van der Waals surface area contributed by atoms with Gasteiger partial charge in [0.15, 0.2) is 0 Å². The van der Waals surface area contributed by atoms with Gasteiger partial charge in [0.25, 0.3) is 0 Å². The molecule has 3 heterocycles. The second-order valence-corrected chi connectivity index (χ2v) is 8.40. The Morgan fingerprint density at radius 1 is 1.15 bits per heavy atom. The molecule has 1 unspecified atom stereocenters. The molecule has 1 aliphatic rings. The molecule has 1 atom stereocenters. The molecule has 0 N–H and O–H groups in total. The highest BCUT2D eigenvalue weighted by atomic mass is 19.4. The number of alkyl halides is 3. The third kappa shape index (κ3) is 5.08. The van der Waals surface area contributed by atoms with Crippen LogP contribution in [0, 0.1) is 5.92 Å². The van der Waals surface area contributed by atoms with Gasteiger partial charge < -0.3 is 14.0 Å². The van der Waals surface area contributed by atoms with Crippen LogP contribution < -0.4 is 0 Å². The zero-order chi connectivity index (χ0) is 24.3. The first-order valence-corrected chi connectivity index (χ1v) is 11.3. The number of carbonyl (C=O) groups is 2. The largest absolute Gasteiger partial charge is 0.466 e. The van der Waals surface area contributed by atoms with Gasteiger partial charge in [-0.1, -0.05) is 24.3 Å². The Kier molecular flexibility index (Phi) is 6.90. The van der Waals surface area contributed by atoms with Gasteiger partial charge >= 0.3 is 12.1 Å². The van der Waals surface area contributed by atoms with E-state index in [9.17, 15) is 22.8 Å². The van der Waals surface area contributed by atoms with Crippen LogP contribution in [0.1, 0.15) is 48.9 Å². The highest BCUT2D eigenvalue weighted by Gasteiger charge is 2.33. The molecule has 0 bridgehead atoms. The number of imidazole rings is 1. The number of nitrogens with zero attached hydrogens (tertiary/aromatic N) is 3. The topological polar surface area (TPSA) is 63.9 Å². The zero-order valence-electron chi connectivity index (χ0n) is 18.8. The van der Waals surface area contributed by atoms with Crippen LogP contribution in [0.4, 0.5) is 13.2 Å². The summed E-state index contributed by atoms with van der Waals surface area (Å²) < 4.78 is 47.1. The van der Waals surface area contributed by atoms with Crippen LogP contribution in [0.25, 0.3) is 5.65 Å². The highest BCUT2D eigenvalue weighted by Crippen LogP contribution is 2.35. The van der Waals surface area contributed by atoms with Crippen molar-refractivity contribution in [2.45, 2.75) is 38.3 Å². The molecule has 1 amide bonds. The number of halogens is 3. The molecule has 9 heteroatoms. The van der Waals surface area contributed by atoms with Crippen LogP contribution in [0.5, 0.6) is 0 Å². The van der Waals surface area contributed by atoms with E-state index in [1.807, 2.05) is 12.1 Å². The standard InChI is InChI=1S/C25H26F3N3O3/c1-2-34-24(33)17-9-12-30(13-10-17)23(32)15-20(18-6-5-7-19(14-18)25(26,27)28)21-16-29-22-8-3-4-11-31(21)22/h3-8,11,14,16-17,20H,2,9-10,12-13,15H2,1H3. The number of aromatic nitrogens is 2. The van der Waals surface area contributed by atoms with E-state index < -0.39 is 17.7 Å². The molecular formula is C25H26F3N3O3. The van der Waals surface area contributed by atoms with Crippen LogP contribution in [-0.4, -0.2) is 45.9 Å². The average molecular weight is 473 g/mol. The first-order chi connectivity index (χ1) is 16.3. The van der Waals surface area contributed by atoms with E-state index in [0.717, 1.165) is 12.1 Å². The van der Waals surface area contributed by atoms with Gasteiger partial charge in [-0.3, -0.25) is 9.59 Å². The Morgan fingerprint density at radius 2 is 1.91 bits per heavy atom. The van der Waals surface area contributed by atoms with Crippen LogP contribution in [0.15, 0.2) is 54.9 Å². The van der Waals surface area contributed by atoms with Gasteiger partial charge in [-0.25, -0.2) is 4.98 Å². The first-order valence-electron chi connectivity index (χ1n) is 11.3. The van der Waals surface area contributed by atoms with E-state index in [0.29, 0.717) is 49.4 Å². The van der Waals surface area contributed by atoms with Gasteiger partial charge in [-0.2, -0.15) is 13.2 Å². The van der Waals surface area contributed by atoms with Crippen LogP contribution in [-0.2, 0) is 20.5 Å². The molecule has 0 aliphatic carbocycles. The van der Waals surface area contributed by atoms with Crippen molar-refractivity contribution >= 4 is 17.5 Å².